The number of ether oxygens (including phenoxy) is 5. The minimum Gasteiger partial charge on any atom is -0.493 e. The predicted molar refractivity (Wildman–Crippen MR) is 345 cm³/mol. The maximum atomic E-state index is 14.1. The number of anilines is 3. The summed E-state index contributed by atoms with van der Waals surface area (Å²) >= 11 is 6.36. The molecule has 7 heterocycles. The molecular weight excluding hydrogens is 1220 g/mol. The topological polar surface area (TPSA) is 281 Å². The summed E-state index contributed by atoms with van der Waals surface area (Å²) in [6.45, 7) is 10.7. The fourth-order valence-corrected chi connectivity index (χ4v) is 13.5. The molecular formula is C66H72ClN11O13S. The van der Waals surface area contributed by atoms with Crippen molar-refractivity contribution in [3.05, 3.63) is 159 Å². The van der Waals surface area contributed by atoms with Gasteiger partial charge in [-0.25, -0.2) is 18.1 Å². The van der Waals surface area contributed by atoms with Gasteiger partial charge in [-0.2, -0.15) is 0 Å². The monoisotopic (exact) mass is 1290 g/mol. The lowest BCUT2D eigenvalue weighted by molar-refractivity contribution is -0.384. The van der Waals surface area contributed by atoms with Crippen LogP contribution in [0.1, 0.15) is 57.5 Å². The average molecular weight is 1290 g/mol. The Labute approximate surface area is 537 Å². The number of carbonyl (C=O) groups excluding carboxylic acids is 4. The molecule has 5 aliphatic heterocycles. The number of nitro groups is 1. The number of likely N-dealkylation sites (tertiary alicyclic amines) is 1. The van der Waals surface area contributed by atoms with E-state index in [-0.39, 0.29) is 41.2 Å². The zero-order chi connectivity index (χ0) is 63.7. The molecule has 0 aliphatic carbocycles. The van der Waals surface area contributed by atoms with E-state index in [1.165, 1.54) is 24.4 Å². The number of nitrogens with zero attached hydrogens (tertiary/aromatic N) is 6. The van der Waals surface area contributed by atoms with Gasteiger partial charge in [0.2, 0.25) is 11.8 Å². The van der Waals surface area contributed by atoms with E-state index in [1.807, 2.05) is 54.6 Å². The molecule has 0 spiro atoms. The van der Waals surface area contributed by atoms with Gasteiger partial charge in [0.05, 0.1) is 54.6 Å². The Balaban J connectivity index is 0.627. The molecule has 0 bridgehead atoms. The zero-order valence-electron chi connectivity index (χ0n) is 50.6. The van der Waals surface area contributed by atoms with Crippen molar-refractivity contribution in [3.63, 3.8) is 0 Å². The molecule has 24 nitrogen and oxygen atoms in total. The molecule has 4 amide bonds. The van der Waals surface area contributed by atoms with Crippen molar-refractivity contribution in [1.29, 1.82) is 0 Å². The Morgan fingerprint density at radius 2 is 1.59 bits per heavy atom. The third kappa shape index (κ3) is 15.1. The van der Waals surface area contributed by atoms with E-state index < -0.39 is 43.4 Å². The van der Waals surface area contributed by atoms with Gasteiger partial charge in [-0.15, -0.1) is 0 Å². The number of pyridine rings is 1. The Kier molecular flexibility index (Phi) is 19.9. The van der Waals surface area contributed by atoms with E-state index in [1.54, 1.807) is 35.4 Å². The van der Waals surface area contributed by atoms with Crippen LogP contribution in [0.3, 0.4) is 0 Å². The Morgan fingerprint density at radius 1 is 0.804 bits per heavy atom. The number of halogens is 1. The third-order valence-corrected chi connectivity index (χ3v) is 19.0. The molecule has 5 aliphatic rings. The highest BCUT2D eigenvalue weighted by atomic mass is 35.5. The fourth-order valence-electron chi connectivity index (χ4n) is 12.4. The molecule has 1 unspecified atom stereocenters. The van der Waals surface area contributed by atoms with Gasteiger partial charge in [0, 0.05) is 154 Å². The second kappa shape index (κ2) is 28.9. The molecule has 5 aromatic carbocycles. The van der Waals surface area contributed by atoms with Gasteiger partial charge in [-0.1, -0.05) is 41.9 Å². The molecule has 0 radical (unpaired) electrons. The van der Waals surface area contributed by atoms with Crippen LogP contribution in [0.4, 0.5) is 22.7 Å². The standard InChI is InChI=1S/C66H72ClN11O13S/c67-47-9-7-45(8-10-47)51-3-2-6-60(90-42-44-38-75(39-44)26-30-89-32-31-88-29-21-68-56-5-1-4-52-54(56)41-77(66(52)82)58-15-16-62(79)72-65(58)81)55(51)40-74-22-24-76(25-23-74)48-11-13-53(61(34-48)91-49-33-46-17-20-69-63(46)71-37-49)64(80)73-92(85,86)50-12-14-57(59(35-50)78(83)84)70-36-43-18-27-87-28-19-43/h1-14,17,20,33-35,37,43-44,58,68,70H,15-16,18-19,21-32,36,38-42H2,(H,69,71)(H,73,80)(H,72,79,81). The summed E-state index contributed by atoms with van der Waals surface area (Å²) in [5, 5.41) is 22.4. The van der Waals surface area contributed by atoms with Crippen LogP contribution >= 0.6 is 11.6 Å². The molecule has 12 rings (SSSR count). The van der Waals surface area contributed by atoms with Crippen molar-refractivity contribution >= 4 is 79.0 Å². The maximum Gasteiger partial charge on any atom is 0.293 e. The summed E-state index contributed by atoms with van der Waals surface area (Å²) in [5.74, 6) is -0.163. The minimum absolute atomic E-state index is 0.0801. The number of benzene rings is 5. The van der Waals surface area contributed by atoms with E-state index in [2.05, 4.69) is 51.4 Å². The van der Waals surface area contributed by atoms with Gasteiger partial charge < -0.3 is 54.0 Å². The van der Waals surface area contributed by atoms with Crippen molar-refractivity contribution < 1.29 is 56.2 Å². The normalized spacial score (nSPS) is 17.5. The second-order valence-corrected chi connectivity index (χ2v) is 25.7. The number of sulfonamides is 1. The van der Waals surface area contributed by atoms with Crippen LogP contribution in [0.15, 0.2) is 126 Å². The largest absolute Gasteiger partial charge is 0.493 e. The summed E-state index contributed by atoms with van der Waals surface area (Å²) in [7, 11) is -4.62. The summed E-state index contributed by atoms with van der Waals surface area (Å²) in [6.07, 6.45) is 5.37. The van der Waals surface area contributed by atoms with E-state index in [0.717, 1.165) is 83.3 Å². The quantitative estimate of drug-likeness (QED) is 0.0141. The van der Waals surface area contributed by atoms with Crippen LogP contribution in [-0.2, 0) is 46.9 Å². The van der Waals surface area contributed by atoms with Crippen LogP contribution in [0.5, 0.6) is 17.2 Å². The predicted octanol–water partition coefficient (Wildman–Crippen LogP) is 8.08. The van der Waals surface area contributed by atoms with Crippen molar-refractivity contribution in [2.24, 2.45) is 11.8 Å². The number of nitrogens with one attached hydrogen (secondary N) is 5. The van der Waals surface area contributed by atoms with Crippen molar-refractivity contribution in [2.75, 3.05) is 121 Å². The van der Waals surface area contributed by atoms with Crippen molar-refractivity contribution in [2.45, 2.75) is 49.7 Å². The number of hydrogen-bond donors (Lipinski definition) is 5. The van der Waals surface area contributed by atoms with Gasteiger partial charge in [0.1, 0.15) is 34.6 Å². The van der Waals surface area contributed by atoms with Gasteiger partial charge in [-0.05, 0) is 103 Å². The van der Waals surface area contributed by atoms with Crippen molar-refractivity contribution in [1.82, 2.24) is 34.7 Å². The van der Waals surface area contributed by atoms with Gasteiger partial charge in [0.25, 0.3) is 27.5 Å². The molecule has 0 saturated carbocycles. The number of H-pyrrole nitrogens is 1. The number of hydrogen-bond acceptors (Lipinski definition) is 19. The molecule has 5 N–H and O–H groups in total. The summed E-state index contributed by atoms with van der Waals surface area (Å²) in [4.78, 5) is 78.6. The zero-order valence-corrected chi connectivity index (χ0v) is 52.2. The number of rotatable bonds is 27. The highest BCUT2D eigenvalue weighted by Crippen LogP contribution is 2.38. The van der Waals surface area contributed by atoms with Crippen LogP contribution in [0.2, 0.25) is 5.02 Å². The first-order chi connectivity index (χ1) is 44.7. The molecule has 1 atom stereocenters. The Bertz CT molecular complexity index is 3970. The number of piperidine rings is 1. The first-order valence-corrected chi connectivity index (χ1v) is 32.8. The Morgan fingerprint density at radius 3 is 2.38 bits per heavy atom. The summed E-state index contributed by atoms with van der Waals surface area (Å²) in [5.41, 5.74) is 6.35. The second-order valence-electron chi connectivity index (χ2n) is 23.5. The first kappa shape index (κ1) is 63.5. The Hall–Kier alpha value is -8.69. The van der Waals surface area contributed by atoms with Crippen LogP contribution in [-0.4, -0.2) is 173 Å². The van der Waals surface area contributed by atoms with Crippen LogP contribution < -0.4 is 35.0 Å². The van der Waals surface area contributed by atoms with E-state index in [0.29, 0.717) is 133 Å². The molecule has 7 aromatic rings. The lowest BCUT2D eigenvalue weighted by atomic mass is 9.97. The number of amides is 4. The number of aromatic nitrogens is 2. The number of imide groups is 1. The van der Waals surface area contributed by atoms with Gasteiger partial charge >= 0.3 is 0 Å². The van der Waals surface area contributed by atoms with Crippen LogP contribution in [0.25, 0.3) is 22.2 Å². The number of piperazine rings is 1. The number of aromatic amines is 1. The molecule has 2 aromatic heterocycles. The lowest BCUT2D eigenvalue weighted by Crippen LogP contribution is -2.52. The molecule has 92 heavy (non-hydrogen) atoms. The highest BCUT2D eigenvalue weighted by Gasteiger charge is 2.40. The molecule has 4 fully saturated rings. The molecule has 4 saturated heterocycles. The third-order valence-electron chi connectivity index (χ3n) is 17.4. The average Bonchev–Trinajstić information content (AvgIpc) is 1.62. The lowest BCUT2D eigenvalue weighted by Gasteiger charge is -2.39. The van der Waals surface area contributed by atoms with E-state index in [9.17, 15) is 37.7 Å². The maximum absolute atomic E-state index is 14.1. The number of nitro benzene ring substituents is 1. The van der Waals surface area contributed by atoms with E-state index in [4.69, 9.17) is 35.3 Å². The van der Waals surface area contributed by atoms with Crippen LogP contribution in [0, 0.1) is 22.0 Å². The SMILES string of the molecule is O=C1CCC(N2Cc3c(NCCOCCOCCN4CC(COc5cccc(-c6ccc(Cl)cc6)c5CN5CCN(c6ccc(C(=O)NS(=O)(=O)c7ccc(NCC8CCOCC8)c([N+](=O)[O-])c7)c(Oc7cnc8[nH]ccc8c7)c6)CC5)C4)cccc3C2=O)C(=O)N1. The van der Waals surface area contributed by atoms with E-state index >= 15 is 0 Å². The summed E-state index contributed by atoms with van der Waals surface area (Å²) < 4.78 is 60.1. The number of carbonyl (C=O) groups is 4. The summed E-state index contributed by atoms with van der Waals surface area (Å²) in [6, 6.07) is 30.9. The smallest absolute Gasteiger partial charge is 0.293 e. The minimum atomic E-state index is -4.62. The molecule has 26 heteroatoms. The van der Waals surface area contributed by atoms with Gasteiger partial charge in [0.15, 0.2) is 0 Å². The molecule has 482 valence electrons. The first-order valence-electron chi connectivity index (χ1n) is 31.0. The van der Waals surface area contributed by atoms with Gasteiger partial charge in [-0.3, -0.25) is 39.5 Å². The van der Waals surface area contributed by atoms with Crippen molar-refractivity contribution in [3.8, 4) is 28.4 Å². The fraction of sp³-hybridized carbons (Fsp3) is 0.379. The highest BCUT2D eigenvalue weighted by molar-refractivity contribution is 7.90. The number of fused-ring (bicyclic) bond motifs is 2.